The van der Waals surface area contributed by atoms with Gasteiger partial charge in [-0.1, -0.05) is 5.16 Å². The van der Waals surface area contributed by atoms with Gasteiger partial charge in [0.25, 0.3) is 0 Å². The summed E-state index contributed by atoms with van der Waals surface area (Å²) in [6, 6.07) is 0.0149. The Kier molecular flexibility index (Phi) is 5.30. The number of urea groups is 1. The van der Waals surface area contributed by atoms with Gasteiger partial charge in [0.2, 0.25) is 5.91 Å². The summed E-state index contributed by atoms with van der Waals surface area (Å²) in [5, 5.41) is 6.62. The molecule has 25 heavy (non-hydrogen) atoms. The molecule has 1 aromatic rings. The Bertz CT molecular complexity index is 615. The molecule has 138 valence electrons. The molecule has 1 unspecified atom stereocenters. The van der Waals surface area contributed by atoms with Crippen LogP contribution in [-0.2, 0) is 11.2 Å². The van der Waals surface area contributed by atoms with Crippen LogP contribution in [0.2, 0.25) is 0 Å². The molecule has 3 rings (SSSR count). The van der Waals surface area contributed by atoms with Gasteiger partial charge < -0.3 is 19.6 Å². The van der Waals surface area contributed by atoms with Crippen molar-refractivity contribution in [2.45, 2.75) is 39.5 Å². The Morgan fingerprint density at radius 2 is 1.76 bits per heavy atom. The largest absolute Gasteiger partial charge is 0.361 e. The molecule has 0 bridgehead atoms. The van der Waals surface area contributed by atoms with Gasteiger partial charge >= 0.3 is 6.03 Å². The van der Waals surface area contributed by atoms with E-state index in [1.165, 1.54) is 0 Å². The molecule has 1 aromatic heterocycles. The van der Waals surface area contributed by atoms with E-state index in [2.05, 4.69) is 10.5 Å². The van der Waals surface area contributed by atoms with Gasteiger partial charge in [-0.2, -0.15) is 0 Å². The third-order valence-electron chi connectivity index (χ3n) is 5.79. The Morgan fingerprint density at radius 3 is 2.36 bits per heavy atom. The number of aromatic nitrogens is 1. The number of aryl methyl sites for hydroxylation is 2. The number of hydrogen-bond donors (Lipinski definition) is 1. The highest BCUT2D eigenvalue weighted by atomic mass is 16.5. The molecule has 2 saturated heterocycles. The fraction of sp³-hybridized carbons (Fsp3) is 0.722. The molecule has 0 aliphatic carbocycles. The van der Waals surface area contributed by atoms with Crippen LogP contribution >= 0.6 is 0 Å². The first-order valence-corrected chi connectivity index (χ1v) is 9.15. The normalized spacial score (nSPS) is 21.6. The second-order valence-electron chi connectivity index (χ2n) is 7.25. The highest BCUT2D eigenvalue weighted by Crippen LogP contribution is 2.32. The zero-order valence-electron chi connectivity index (χ0n) is 15.4. The predicted molar refractivity (Wildman–Crippen MR) is 93.1 cm³/mol. The number of rotatable bonds is 3. The smallest absolute Gasteiger partial charge is 0.317 e. The Labute approximate surface area is 148 Å². The lowest BCUT2D eigenvalue weighted by Crippen LogP contribution is -2.44. The van der Waals surface area contributed by atoms with Gasteiger partial charge in [-0.15, -0.1) is 0 Å². The summed E-state index contributed by atoms with van der Waals surface area (Å²) in [6.07, 6.45) is 3.51. The van der Waals surface area contributed by atoms with Crippen molar-refractivity contribution in [2.75, 3.05) is 33.2 Å². The van der Waals surface area contributed by atoms with Crippen LogP contribution in [0.4, 0.5) is 4.79 Å². The maximum atomic E-state index is 12.6. The molecule has 2 fully saturated rings. The number of amides is 3. The molecule has 0 saturated carbocycles. The molecule has 3 heterocycles. The second-order valence-corrected chi connectivity index (χ2v) is 7.25. The molecular weight excluding hydrogens is 320 g/mol. The quantitative estimate of drug-likeness (QED) is 0.902. The zero-order valence-corrected chi connectivity index (χ0v) is 15.4. The molecule has 2 aliphatic rings. The molecule has 7 heteroatoms. The molecule has 0 aromatic carbocycles. The highest BCUT2D eigenvalue weighted by Gasteiger charge is 2.34. The van der Waals surface area contributed by atoms with E-state index in [1.807, 2.05) is 23.6 Å². The lowest BCUT2D eigenvalue weighted by molar-refractivity contribution is -0.129. The van der Waals surface area contributed by atoms with Crippen LogP contribution in [0, 0.1) is 25.7 Å². The van der Waals surface area contributed by atoms with Crippen molar-refractivity contribution in [3.05, 3.63) is 17.0 Å². The minimum atomic E-state index is 0.0149. The minimum Gasteiger partial charge on any atom is -0.361 e. The van der Waals surface area contributed by atoms with Crippen LogP contribution in [0.5, 0.6) is 0 Å². The maximum Gasteiger partial charge on any atom is 0.317 e. The first-order chi connectivity index (χ1) is 12.0. The molecule has 1 atom stereocenters. The molecule has 1 N–H and O–H groups in total. The zero-order chi connectivity index (χ0) is 18.0. The van der Waals surface area contributed by atoms with E-state index >= 15 is 0 Å². The fourth-order valence-corrected chi connectivity index (χ4v) is 4.15. The van der Waals surface area contributed by atoms with E-state index in [0.29, 0.717) is 18.3 Å². The van der Waals surface area contributed by atoms with Crippen molar-refractivity contribution in [1.82, 2.24) is 20.3 Å². The number of likely N-dealkylation sites (tertiary alicyclic amines) is 2. The lowest BCUT2D eigenvalue weighted by atomic mass is 9.84. The van der Waals surface area contributed by atoms with Crippen LogP contribution in [0.1, 0.15) is 36.3 Å². The van der Waals surface area contributed by atoms with Gasteiger partial charge in [0.05, 0.1) is 12.1 Å². The van der Waals surface area contributed by atoms with Crippen LogP contribution in [0.3, 0.4) is 0 Å². The third-order valence-corrected chi connectivity index (χ3v) is 5.79. The van der Waals surface area contributed by atoms with Crippen molar-refractivity contribution in [1.29, 1.82) is 0 Å². The van der Waals surface area contributed by atoms with E-state index < -0.39 is 0 Å². The van der Waals surface area contributed by atoms with Gasteiger partial charge in [-0.3, -0.25) is 4.79 Å². The topological polar surface area (TPSA) is 78.7 Å². The van der Waals surface area contributed by atoms with Crippen LogP contribution < -0.4 is 5.32 Å². The number of hydrogen-bond acceptors (Lipinski definition) is 4. The van der Waals surface area contributed by atoms with Crippen molar-refractivity contribution >= 4 is 11.9 Å². The average Bonchev–Trinajstić information content (AvgIpc) is 3.24. The Morgan fingerprint density at radius 1 is 1.12 bits per heavy atom. The van der Waals surface area contributed by atoms with E-state index in [4.69, 9.17) is 4.52 Å². The summed E-state index contributed by atoms with van der Waals surface area (Å²) < 4.78 is 5.16. The Hall–Kier alpha value is -2.05. The summed E-state index contributed by atoms with van der Waals surface area (Å²) in [5.74, 6) is 2.07. The van der Waals surface area contributed by atoms with E-state index in [-0.39, 0.29) is 11.9 Å². The first kappa shape index (κ1) is 17.8. The summed E-state index contributed by atoms with van der Waals surface area (Å²) in [4.78, 5) is 28.2. The van der Waals surface area contributed by atoms with Gasteiger partial charge in [-0.25, -0.2) is 4.79 Å². The third kappa shape index (κ3) is 3.80. The number of carbonyl (C=O) groups excluding carboxylic acids is 2. The molecule has 7 nitrogen and oxygen atoms in total. The first-order valence-electron chi connectivity index (χ1n) is 9.15. The number of nitrogens with zero attached hydrogens (tertiary/aromatic N) is 3. The van der Waals surface area contributed by atoms with Crippen LogP contribution in [-0.4, -0.2) is 60.1 Å². The highest BCUT2D eigenvalue weighted by molar-refractivity contribution is 5.79. The van der Waals surface area contributed by atoms with E-state index in [1.54, 1.807) is 7.05 Å². The molecule has 0 radical (unpaired) electrons. The molecule has 0 spiro atoms. The second kappa shape index (κ2) is 7.45. The SMILES string of the molecule is CNC(=O)N1CCC(C2CCN(C(=O)Cc3c(C)noc3C)C2)CC1. The van der Waals surface area contributed by atoms with E-state index in [0.717, 1.165) is 62.5 Å². The van der Waals surface area contributed by atoms with Crippen LogP contribution in [0.25, 0.3) is 0 Å². The maximum absolute atomic E-state index is 12.6. The number of carbonyl (C=O) groups is 2. The summed E-state index contributed by atoms with van der Waals surface area (Å²) in [7, 11) is 1.67. The number of piperidine rings is 1. The standard InChI is InChI=1S/C18H28N4O3/c1-12-16(13(2)25-20-12)10-17(23)22-9-6-15(11-22)14-4-7-21(8-5-14)18(24)19-3/h14-15H,4-11H2,1-3H3,(H,19,24). The van der Waals surface area contributed by atoms with Gasteiger partial charge in [0, 0.05) is 38.8 Å². The number of nitrogens with one attached hydrogen (secondary N) is 1. The summed E-state index contributed by atoms with van der Waals surface area (Å²) >= 11 is 0. The monoisotopic (exact) mass is 348 g/mol. The predicted octanol–water partition coefficient (Wildman–Crippen LogP) is 1.73. The van der Waals surface area contributed by atoms with E-state index in [9.17, 15) is 9.59 Å². The molecular formula is C18H28N4O3. The lowest BCUT2D eigenvalue weighted by Gasteiger charge is -2.34. The van der Waals surface area contributed by atoms with Crippen molar-refractivity contribution in [2.24, 2.45) is 11.8 Å². The van der Waals surface area contributed by atoms with Crippen LogP contribution in [0.15, 0.2) is 4.52 Å². The van der Waals surface area contributed by atoms with Crippen molar-refractivity contribution < 1.29 is 14.1 Å². The summed E-state index contributed by atoms with van der Waals surface area (Å²) in [6.45, 7) is 7.04. The molecule has 3 amide bonds. The van der Waals surface area contributed by atoms with Gasteiger partial charge in [0.15, 0.2) is 0 Å². The minimum absolute atomic E-state index is 0.0149. The van der Waals surface area contributed by atoms with Crippen molar-refractivity contribution in [3.8, 4) is 0 Å². The van der Waals surface area contributed by atoms with Crippen molar-refractivity contribution in [3.63, 3.8) is 0 Å². The van der Waals surface area contributed by atoms with Gasteiger partial charge in [-0.05, 0) is 44.9 Å². The Balaban J connectivity index is 1.50. The van der Waals surface area contributed by atoms with Gasteiger partial charge in [0.1, 0.15) is 5.76 Å². The average molecular weight is 348 g/mol. The summed E-state index contributed by atoms with van der Waals surface area (Å²) in [5.41, 5.74) is 1.73. The molecule has 2 aliphatic heterocycles. The fourth-order valence-electron chi connectivity index (χ4n) is 4.15.